The summed E-state index contributed by atoms with van der Waals surface area (Å²) >= 11 is 1.37. The molecule has 1 aliphatic heterocycles. The molecule has 4 rings (SSSR count). The van der Waals surface area contributed by atoms with E-state index in [0.29, 0.717) is 61.9 Å². The number of amides is 3. The molecule has 0 unspecified atom stereocenters. The molecule has 39 heavy (non-hydrogen) atoms. The molecular weight excluding hydrogens is 540 g/mol. The van der Waals surface area contributed by atoms with Gasteiger partial charge in [0.25, 0.3) is 11.8 Å². The summed E-state index contributed by atoms with van der Waals surface area (Å²) in [5, 5.41) is 8.09. The number of carbonyl (C=O) groups excluding carboxylic acids is 3. The molecule has 0 aliphatic carbocycles. The molecule has 0 saturated carbocycles. The maximum absolute atomic E-state index is 13.4. The highest BCUT2D eigenvalue weighted by Crippen LogP contribution is 2.21. The number of ether oxygens (including phenoxy) is 1. The Balaban J connectivity index is 0.00000420. The van der Waals surface area contributed by atoms with Gasteiger partial charge in [0.05, 0.1) is 12.6 Å². The molecule has 1 aliphatic rings. The monoisotopic (exact) mass is 572 g/mol. The first-order valence-electron chi connectivity index (χ1n) is 12.7. The van der Waals surface area contributed by atoms with Gasteiger partial charge in [-0.3, -0.25) is 14.4 Å². The van der Waals surface area contributed by atoms with E-state index in [1.807, 2.05) is 30.3 Å². The molecule has 0 spiro atoms. The van der Waals surface area contributed by atoms with Crippen LogP contribution in [-0.2, 0) is 11.2 Å². The zero-order chi connectivity index (χ0) is 26.7. The third-order valence-corrected chi connectivity index (χ3v) is 7.01. The van der Waals surface area contributed by atoms with Crippen molar-refractivity contribution in [1.82, 2.24) is 25.5 Å². The van der Waals surface area contributed by atoms with Crippen LogP contribution < -0.4 is 21.1 Å². The van der Waals surface area contributed by atoms with E-state index in [-0.39, 0.29) is 54.9 Å². The van der Waals surface area contributed by atoms with E-state index in [1.165, 1.54) is 17.5 Å². The lowest BCUT2D eigenvalue weighted by Gasteiger charge is -2.22. The third-order valence-electron chi connectivity index (χ3n) is 6.03. The Hall–Kier alpha value is -3.54. The topological polar surface area (TPSA) is 140 Å². The molecule has 1 atom stereocenters. The average molecular weight is 573 g/mol. The maximum Gasteiger partial charge on any atom is 0.273 e. The van der Waals surface area contributed by atoms with Gasteiger partial charge < -0.3 is 26.0 Å². The minimum Gasteiger partial charge on any atom is -0.489 e. The van der Waals surface area contributed by atoms with Crippen LogP contribution in [0.25, 0.3) is 0 Å². The summed E-state index contributed by atoms with van der Waals surface area (Å²) in [4.78, 5) is 48.7. The molecule has 4 N–H and O–H groups in total. The predicted octanol–water partition coefficient (Wildman–Crippen LogP) is 2.75. The quantitative estimate of drug-likeness (QED) is 0.437. The smallest absolute Gasteiger partial charge is 0.273 e. The minimum absolute atomic E-state index is 0. The molecule has 0 bridgehead atoms. The van der Waals surface area contributed by atoms with Gasteiger partial charge in [-0.05, 0) is 37.0 Å². The summed E-state index contributed by atoms with van der Waals surface area (Å²) in [6.45, 7) is 1.64. The van der Waals surface area contributed by atoms with Crippen LogP contribution in [-0.4, -0.2) is 65.4 Å². The van der Waals surface area contributed by atoms with Crippen molar-refractivity contribution in [2.24, 2.45) is 5.73 Å². The third kappa shape index (κ3) is 8.74. The van der Waals surface area contributed by atoms with Crippen molar-refractivity contribution in [3.05, 3.63) is 76.0 Å². The van der Waals surface area contributed by atoms with E-state index < -0.39 is 0 Å². The summed E-state index contributed by atoms with van der Waals surface area (Å²) in [6.07, 6.45) is 3.46. The summed E-state index contributed by atoms with van der Waals surface area (Å²) in [6, 6.07) is 13.0. The fourth-order valence-electron chi connectivity index (χ4n) is 4.09. The number of halogens is 1. The Morgan fingerprint density at radius 1 is 1.08 bits per heavy atom. The number of rotatable bonds is 4. The van der Waals surface area contributed by atoms with Crippen molar-refractivity contribution < 1.29 is 19.1 Å². The number of fused-ring (bicyclic) bond motifs is 1. The van der Waals surface area contributed by atoms with Gasteiger partial charge in [-0.1, -0.05) is 30.3 Å². The Kier molecular flexibility index (Phi) is 11.7. The van der Waals surface area contributed by atoms with Gasteiger partial charge in [-0.15, -0.1) is 23.7 Å². The lowest BCUT2D eigenvalue weighted by Crippen LogP contribution is -2.36. The van der Waals surface area contributed by atoms with Gasteiger partial charge >= 0.3 is 0 Å². The van der Waals surface area contributed by atoms with Crippen LogP contribution in [0.3, 0.4) is 0 Å². The van der Waals surface area contributed by atoms with Crippen LogP contribution in [0.1, 0.15) is 56.9 Å². The average Bonchev–Trinajstić information content (AvgIpc) is 3.43. The summed E-state index contributed by atoms with van der Waals surface area (Å²) in [7, 11) is 0. The normalized spacial score (nSPS) is 16.1. The van der Waals surface area contributed by atoms with Crippen molar-refractivity contribution in [3.63, 3.8) is 0 Å². The Morgan fingerprint density at radius 2 is 1.87 bits per heavy atom. The number of carbonyl (C=O) groups is 3. The van der Waals surface area contributed by atoms with Crippen molar-refractivity contribution in [3.8, 4) is 5.75 Å². The zero-order valence-corrected chi connectivity index (χ0v) is 23.1. The van der Waals surface area contributed by atoms with Crippen LogP contribution >= 0.6 is 23.7 Å². The molecule has 1 aromatic carbocycles. The first-order chi connectivity index (χ1) is 18.5. The number of hydrogen-bond donors (Lipinski definition) is 3. The number of hydrogen-bond acceptors (Lipinski definition) is 8. The van der Waals surface area contributed by atoms with Crippen LogP contribution in [0, 0.1) is 0 Å². The van der Waals surface area contributed by atoms with Crippen LogP contribution in [0.2, 0.25) is 0 Å². The molecule has 0 fully saturated rings. The SMILES string of the molecule is Cl.N[C@@H](Cc1ccccc1)c1nc(C(=O)N2CCCNC(=O)c3ncccc3OCCNC(=O)CCC2)cs1. The molecule has 3 heterocycles. The lowest BCUT2D eigenvalue weighted by molar-refractivity contribution is -0.121. The summed E-state index contributed by atoms with van der Waals surface area (Å²) in [5.74, 6) is -0.341. The van der Waals surface area contributed by atoms with Gasteiger partial charge in [0, 0.05) is 37.6 Å². The van der Waals surface area contributed by atoms with Crippen LogP contribution in [0.15, 0.2) is 54.0 Å². The molecule has 3 amide bonds. The molecular formula is C27H33ClN6O4S. The lowest BCUT2D eigenvalue weighted by atomic mass is 10.1. The van der Waals surface area contributed by atoms with Crippen LogP contribution in [0.5, 0.6) is 5.75 Å². The second-order valence-electron chi connectivity index (χ2n) is 8.92. The highest BCUT2D eigenvalue weighted by Gasteiger charge is 2.21. The number of nitrogens with two attached hydrogens (primary N) is 1. The number of thiazole rings is 1. The Bertz CT molecular complexity index is 1240. The molecule has 0 radical (unpaired) electrons. The molecule has 10 nitrogen and oxygen atoms in total. The summed E-state index contributed by atoms with van der Waals surface area (Å²) in [5.41, 5.74) is 8.00. The Morgan fingerprint density at radius 3 is 2.69 bits per heavy atom. The van der Waals surface area contributed by atoms with E-state index in [1.54, 1.807) is 22.4 Å². The molecule has 208 valence electrons. The fraction of sp³-hybridized carbons (Fsp3) is 0.370. The van der Waals surface area contributed by atoms with E-state index in [0.717, 1.165) is 5.56 Å². The van der Waals surface area contributed by atoms with Crippen molar-refractivity contribution in [2.45, 2.75) is 31.7 Å². The van der Waals surface area contributed by atoms with Crippen molar-refractivity contribution in [1.29, 1.82) is 0 Å². The number of benzene rings is 1. The number of nitrogens with one attached hydrogen (secondary N) is 2. The van der Waals surface area contributed by atoms with E-state index in [2.05, 4.69) is 20.6 Å². The number of nitrogens with zero attached hydrogens (tertiary/aromatic N) is 3. The zero-order valence-electron chi connectivity index (χ0n) is 21.5. The Labute approximate surface area is 237 Å². The van der Waals surface area contributed by atoms with Crippen molar-refractivity contribution >= 4 is 41.5 Å². The second-order valence-corrected chi connectivity index (χ2v) is 9.81. The van der Waals surface area contributed by atoms with E-state index in [9.17, 15) is 14.4 Å². The minimum atomic E-state index is -0.355. The standard InChI is InChI=1S/C27H32N6O4S.ClH/c28-20(17-19-7-2-1-3-8-19)26-32-21(18-38-26)27(36)33-14-5-10-23(34)29-13-16-37-22-9-4-11-30-24(22)25(35)31-12-6-15-33;/h1-4,7-9,11,18,20H,5-6,10,12-17,28H2,(H,29,34)(H,31,35);1H/t20-;/m0./s1. The second kappa shape index (κ2) is 15.2. The van der Waals surface area contributed by atoms with E-state index in [4.69, 9.17) is 10.5 Å². The molecule has 12 heteroatoms. The molecule has 0 saturated heterocycles. The van der Waals surface area contributed by atoms with Gasteiger partial charge in [0.15, 0.2) is 11.4 Å². The molecule has 3 aromatic rings. The predicted molar refractivity (Wildman–Crippen MR) is 151 cm³/mol. The van der Waals surface area contributed by atoms with Gasteiger partial charge in [-0.2, -0.15) is 0 Å². The van der Waals surface area contributed by atoms with Gasteiger partial charge in [0.1, 0.15) is 17.3 Å². The fourth-order valence-corrected chi connectivity index (χ4v) is 4.89. The van der Waals surface area contributed by atoms with Crippen LogP contribution in [0.4, 0.5) is 0 Å². The highest BCUT2D eigenvalue weighted by atomic mass is 35.5. The maximum atomic E-state index is 13.4. The van der Waals surface area contributed by atoms with E-state index >= 15 is 0 Å². The number of pyridine rings is 1. The largest absolute Gasteiger partial charge is 0.489 e. The first-order valence-corrected chi connectivity index (χ1v) is 13.6. The molecule has 2 aromatic heterocycles. The first kappa shape index (κ1) is 30.0. The van der Waals surface area contributed by atoms with Gasteiger partial charge in [-0.25, -0.2) is 9.97 Å². The highest BCUT2D eigenvalue weighted by molar-refractivity contribution is 7.09. The van der Waals surface area contributed by atoms with Gasteiger partial charge in [0.2, 0.25) is 5.91 Å². The number of aromatic nitrogens is 2. The van der Waals surface area contributed by atoms with Crippen molar-refractivity contribution in [2.75, 3.05) is 32.8 Å². The summed E-state index contributed by atoms with van der Waals surface area (Å²) < 4.78 is 5.65.